The number of anilines is 2. The number of methoxy groups -OCH3 is 1. The van der Waals surface area contributed by atoms with E-state index in [1.54, 1.807) is 12.0 Å². The van der Waals surface area contributed by atoms with Crippen LogP contribution < -0.4 is 20.1 Å². The molecule has 3 saturated heterocycles. The van der Waals surface area contributed by atoms with Crippen LogP contribution in [0.3, 0.4) is 0 Å². The first-order valence-electron chi connectivity index (χ1n) is 17.9. The zero-order chi connectivity index (χ0) is 37.7. The lowest BCUT2D eigenvalue weighted by molar-refractivity contribution is -0.153. The molecule has 1 aliphatic carbocycles. The maximum absolute atomic E-state index is 16.1. The molecule has 3 aliphatic heterocycles. The van der Waals surface area contributed by atoms with Gasteiger partial charge < -0.3 is 34.6 Å². The average Bonchev–Trinajstić information content (AvgIpc) is 3.97. The van der Waals surface area contributed by atoms with E-state index in [-0.39, 0.29) is 67.5 Å². The SMILES string of the molecule is C=CC(=O)N1CC2(CCN(c3nc(OC4CCN(CCOC)CC4)nc4c(OCC(F)(F)F)c(-c5c(N)c(Cl)cc(Cl)c5F)c(C5CC5)cc34)CC2)C1. The first kappa shape index (κ1) is 37.7. The minimum atomic E-state index is -4.73. The van der Waals surface area contributed by atoms with Crippen molar-refractivity contribution >= 4 is 51.5 Å². The van der Waals surface area contributed by atoms with Crippen molar-refractivity contribution in [1.82, 2.24) is 19.8 Å². The summed E-state index contributed by atoms with van der Waals surface area (Å²) in [5.41, 5.74) is 6.54. The fourth-order valence-electron chi connectivity index (χ4n) is 7.81. The summed E-state index contributed by atoms with van der Waals surface area (Å²) in [7, 11) is 1.66. The smallest absolute Gasteiger partial charge is 0.422 e. The van der Waals surface area contributed by atoms with E-state index in [1.165, 1.54) is 6.08 Å². The van der Waals surface area contributed by atoms with Gasteiger partial charge in [0.2, 0.25) is 5.91 Å². The molecule has 3 aromatic rings. The van der Waals surface area contributed by atoms with Crippen molar-refractivity contribution < 1.29 is 36.6 Å². The Hall–Kier alpha value is -3.59. The van der Waals surface area contributed by atoms with Crippen LogP contribution in [0.25, 0.3) is 22.0 Å². The summed E-state index contributed by atoms with van der Waals surface area (Å²) < 4.78 is 75.2. The number of hydrogen-bond acceptors (Lipinski definition) is 9. The highest BCUT2D eigenvalue weighted by Gasteiger charge is 2.47. The Morgan fingerprint density at radius 3 is 2.38 bits per heavy atom. The van der Waals surface area contributed by atoms with E-state index in [9.17, 15) is 18.0 Å². The minimum absolute atomic E-state index is 0.0194. The van der Waals surface area contributed by atoms with Gasteiger partial charge in [0.1, 0.15) is 17.4 Å². The van der Waals surface area contributed by atoms with Crippen LogP contribution in [0.4, 0.5) is 29.1 Å². The number of aromatic nitrogens is 2. The van der Waals surface area contributed by atoms with Crippen molar-refractivity contribution in [2.45, 2.75) is 56.7 Å². The van der Waals surface area contributed by atoms with Gasteiger partial charge in [-0.15, -0.1) is 0 Å². The van der Waals surface area contributed by atoms with E-state index in [1.807, 2.05) is 6.07 Å². The normalized spacial score (nSPS) is 19.5. The number of nitrogen functional groups attached to an aromatic ring is 1. The van der Waals surface area contributed by atoms with Gasteiger partial charge in [-0.1, -0.05) is 29.8 Å². The highest BCUT2D eigenvalue weighted by atomic mass is 35.5. The summed E-state index contributed by atoms with van der Waals surface area (Å²) in [6.45, 7) is 7.26. The highest BCUT2D eigenvalue weighted by molar-refractivity contribution is 6.37. The molecule has 0 bridgehead atoms. The van der Waals surface area contributed by atoms with Crippen LogP contribution in [0.2, 0.25) is 10.0 Å². The topological polar surface area (TPSA) is 106 Å². The average molecular weight is 782 g/mol. The minimum Gasteiger partial charge on any atom is -0.481 e. The molecular formula is C37H42Cl2F4N6O4. The molecule has 2 aromatic carbocycles. The molecule has 2 N–H and O–H groups in total. The standard InChI is InChI=1S/C37H42Cl2F4N6O4/c1-3-27(50)49-18-36(19-49)8-12-48(13-9-36)34-24-16-23(21-4-5-21)28(29-30(40)25(38)17-26(39)31(29)44)33(52-20-37(41,42)43)32(24)45-35(46-34)53-22-6-10-47(11-7-22)14-15-51-2/h3,16-17,21-22H,1,4-15,18-20,44H2,2H3. The van der Waals surface area contributed by atoms with Gasteiger partial charge in [-0.05, 0) is 68.2 Å². The second kappa shape index (κ2) is 14.9. The van der Waals surface area contributed by atoms with E-state index >= 15 is 4.39 Å². The Labute approximate surface area is 315 Å². The predicted octanol–water partition coefficient (Wildman–Crippen LogP) is 7.25. The maximum Gasteiger partial charge on any atom is 0.422 e. The quantitative estimate of drug-likeness (QED) is 0.0933. The lowest BCUT2D eigenvalue weighted by Gasteiger charge is -2.54. The Morgan fingerprint density at radius 1 is 1.06 bits per heavy atom. The van der Waals surface area contributed by atoms with Gasteiger partial charge in [0, 0.05) is 74.9 Å². The Bertz CT molecular complexity index is 1860. The molecule has 4 aliphatic rings. The summed E-state index contributed by atoms with van der Waals surface area (Å²) in [6.07, 6.45) is 0.674. The number of likely N-dealkylation sites (tertiary alicyclic amines) is 2. The number of carbonyl (C=O) groups is 1. The molecule has 1 aromatic heterocycles. The molecule has 0 unspecified atom stereocenters. The van der Waals surface area contributed by atoms with Gasteiger partial charge in [0.15, 0.2) is 18.2 Å². The number of piperidine rings is 2. The summed E-state index contributed by atoms with van der Waals surface area (Å²) in [5, 5.41) is 0.0687. The number of halogens is 6. The fourth-order valence-corrected chi connectivity index (χ4v) is 8.28. The van der Waals surface area contributed by atoms with Crippen LogP contribution in [0, 0.1) is 11.2 Å². The van der Waals surface area contributed by atoms with E-state index < -0.39 is 18.6 Å². The van der Waals surface area contributed by atoms with Crippen LogP contribution in [0.15, 0.2) is 24.8 Å². The molecule has 1 amide bonds. The number of hydrogen-bond donors (Lipinski definition) is 1. The van der Waals surface area contributed by atoms with Crippen LogP contribution in [-0.4, -0.2) is 104 Å². The number of benzene rings is 2. The molecule has 4 fully saturated rings. The van der Waals surface area contributed by atoms with Crippen molar-refractivity contribution in [2.75, 3.05) is 76.8 Å². The number of amides is 1. The fraction of sp³-hybridized carbons (Fsp3) is 0.541. The molecule has 1 saturated carbocycles. The first-order valence-corrected chi connectivity index (χ1v) is 18.6. The van der Waals surface area contributed by atoms with Gasteiger partial charge in [-0.25, -0.2) is 4.39 Å². The summed E-state index contributed by atoms with van der Waals surface area (Å²) in [6, 6.07) is 2.96. The predicted molar refractivity (Wildman–Crippen MR) is 196 cm³/mol. The molecule has 0 radical (unpaired) electrons. The summed E-state index contributed by atoms with van der Waals surface area (Å²) in [5.74, 6) is -0.944. The number of nitrogens with two attached hydrogens (primary N) is 1. The van der Waals surface area contributed by atoms with E-state index in [4.69, 9.17) is 53.1 Å². The zero-order valence-electron chi connectivity index (χ0n) is 29.4. The van der Waals surface area contributed by atoms with Crippen molar-refractivity contribution in [1.29, 1.82) is 0 Å². The number of nitrogens with zero attached hydrogens (tertiary/aromatic N) is 5. The first-order chi connectivity index (χ1) is 25.3. The van der Waals surface area contributed by atoms with Gasteiger partial charge in [-0.3, -0.25) is 4.79 Å². The monoisotopic (exact) mass is 780 g/mol. The second-order valence-electron chi connectivity index (χ2n) is 14.6. The van der Waals surface area contributed by atoms with Crippen LogP contribution >= 0.6 is 23.2 Å². The van der Waals surface area contributed by atoms with Crippen LogP contribution in [0.1, 0.15) is 50.0 Å². The second-order valence-corrected chi connectivity index (χ2v) is 15.4. The third-order valence-electron chi connectivity index (χ3n) is 10.9. The Kier molecular flexibility index (Phi) is 10.6. The Morgan fingerprint density at radius 2 is 1.75 bits per heavy atom. The van der Waals surface area contributed by atoms with Gasteiger partial charge in [-0.2, -0.15) is 23.1 Å². The van der Waals surface area contributed by atoms with E-state index in [0.29, 0.717) is 62.4 Å². The summed E-state index contributed by atoms with van der Waals surface area (Å²) >= 11 is 12.7. The molecule has 0 atom stereocenters. The van der Waals surface area contributed by atoms with Crippen molar-refractivity contribution in [3.63, 3.8) is 0 Å². The van der Waals surface area contributed by atoms with Crippen LogP contribution in [0.5, 0.6) is 11.8 Å². The van der Waals surface area contributed by atoms with Gasteiger partial charge in [0.05, 0.1) is 22.3 Å². The lowest BCUT2D eigenvalue weighted by atomic mass is 9.72. The zero-order valence-corrected chi connectivity index (χ0v) is 30.9. The molecule has 7 rings (SSSR count). The third-order valence-corrected chi connectivity index (χ3v) is 11.5. The van der Waals surface area contributed by atoms with E-state index in [0.717, 1.165) is 51.4 Å². The third kappa shape index (κ3) is 7.83. The number of rotatable bonds is 11. The number of carbonyl (C=O) groups excluding carboxylic acids is 1. The molecule has 1 spiro atoms. The molecule has 4 heterocycles. The maximum atomic E-state index is 16.1. The largest absolute Gasteiger partial charge is 0.481 e. The van der Waals surface area contributed by atoms with Gasteiger partial charge in [0.25, 0.3) is 0 Å². The Balaban J connectivity index is 1.35. The molecule has 10 nitrogen and oxygen atoms in total. The number of ether oxygens (including phenoxy) is 3. The summed E-state index contributed by atoms with van der Waals surface area (Å²) in [4.78, 5) is 28.0. The van der Waals surface area contributed by atoms with Crippen molar-refractivity contribution in [3.8, 4) is 22.9 Å². The highest BCUT2D eigenvalue weighted by Crippen LogP contribution is 2.54. The molecular weight excluding hydrogens is 739 g/mol. The number of fused-ring (bicyclic) bond motifs is 1. The molecule has 286 valence electrons. The molecule has 16 heteroatoms. The van der Waals surface area contributed by atoms with Crippen LogP contribution in [-0.2, 0) is 9.53 Å². The number of alkyl halides is 3. The lowest BCUT2D eigenvalue weighted by Crippen LogP contribution is -2.61. The van der Waals surface area contributed by atoms with Crippen molar-refractivity contribution in [3.05, 3.63) is 46.2 Å². The van der Waals surface area contributed by atoms with Crippen molar-refractivity contribution in [2.24, 2.45) is 5.41 Å². The van der Waals surface area contributed by atoms with Gasteiger partial charge >= 0.3 is 12.2 Å². The van der Waals surface area contributed by atoms with E-state index in [2.05, 4.69) is 16.4 Å². The molecule has 53 heavy (non-hydrogen) atoms.